The van der Waals surface area contributed by atoms with E-state index in [2.05, 4.69) is 5.32 Å². The number of hydrogen-bond donors (Lipinski definition) is 2. The summed E-state index contributed by atoms with van der Waals surface area (Å²) in [4.78, 5) is 14.0. The number of fused-ring (bicyclic) bond motifs is 1. The first kappa shape index (κ1) is 13.3. The third-order valence-electron chi connectivity index (χ3n) is 3.64. The number of hydrogen-bond acceptors (Lipinski definition) is 5. The van der Waals surface area contributed by atoms with E-state index in [1.807, 2.05) is 32.0 Å². The van der Waals surface area contributed by atoms with Crippen molar-refractivity contribution in [3.8, 4) is 5.75 Å². The molecular weight excluding hydrogens is 274 g/mol. The lowest BCUT2D eigenvalue weighted by atomic mass is 9.93. The zero-order valence-corrected chi connectivity index (χ0v) is 12.5. The topological polar surface area (TPSA) is 67.6 Å². The van der Waals surface area contributed by atoms with Crippen molar-refractivity contribution in [1.29, 1.82) is 0 Å². The number of methoxy groups -OCH3 is 1. The molecule has 5 nitrogen and oxygen atoms in total. The van der Waals surface area contributed by atoms with Crippen molar-refractivity contribution in [2.75, 3.05) is 12.4 Å². The number of nitrogens with zero attached hydrogens (tertiary/aromatic N) is 1. The van der Waals surface area contributed by atoms with Crippen molar-refractivity contribution in [1.82, 2.24) is 5.01 Å². The number of nitrogens with one attached hydrogen (secondary N) is 1. The van der Waals surface area contributed by atoms with Crippen LogP contribution < -0.4 is 15.9 Å². The minimum Gasteiger partial charge on any atom is -0.497 e. The summed E-state index contributed by atoms with van der Waals surface area (Å²) >= 11 is 1.45. The number of thioether (sulfide) groups is 1. The van der Waals surface area contributed by atoms with Crippen LogP contribution in [0.15, 0.2) is 33.7 Å². The second-order valence-corrected chi connectivity index (χ2v) is 6.61. The summed E-state index contributed by atoms with van der Waals surface area (Å²) in [6, 6.07) is 5.80. The van der Waals surface area contributed by atoms with E-state index in [1.54, 1.807) is 7.11 Å². The maximum Gasteiger partial charge on any atom is 0.276 e. The van der Waals surface area contributed by atoms with Gasteiger partial charge in [0.25, 0.3) is 5.91 Å². The normalized spacial score (nSPS) is 20.2. The highest BCUT2D eigenvalue weighted by atomic mass is 32.2. The summed E-state index contributed by atoms with van der Waals surface area (Å²) in [6.45, 7) is 3.93. The number of carbonyl (C=O) groups is 1. The van der Waals surface area contributed by atoms with Gasteiger partial charge in [-0.3, -0.25) is 9.80 Å². The van der Waals surface area contributed by atoms with E-state index >= 15 is 0 Å². The van der Waals surface area contributed by atoms with E-state index in [-0.39, 0.29) is 11.4 Å². The molecule has 0 aromatic heterocycles. The third kappa shape index (κ3) is 1.96. The van der Waals surface area contributed by atoms with Crippen LogP contribution in [-0.4, -0.2) is 23.6 Å². The molecule has 0 spiro atoms. The Morgan fingerprint density at radius 2 is 2.20 bits per heavy atom. The fourth-order valence-electron chi connectivity index (χ4n) is 2.41. The molecular formula is C14H17N3O2S. The van der Waals surface area contributed by atoms with E-state index in [9.17, 15) is 4.79 Å². The molecule has 0 saturated heterocycles. The van der Waals surface area contributed by atoms with E-state index in [1.165, 1.54) is 16.8 Å². The second-order valence-electron chi connectivity index (χ2n) is 5.56. The number of rotatable bonds is 1. The molecule has 2 heterocycles. The van der Waals surface area contributed by atoms with Gasteiger partial charge in [0.1, 0.15) is 5.75 Å². The highest BCUT2D eigenvalue weighted by molar-refractivity contribution is 8.04. The maximum absolute atomic E-state index is 12.4. The quantitative estimate of drug-likeness (QED) is 0.614. The zero-order valence-electron chi connectivity index (χ0n) is 11.7. The Labute approximate surface area is 122 Å². The highest BCUT2D eigenvalue weighted by Crippen LogP contribution is 2.46. The van der Waals surface area contributed by atoms with Crippen LogP contribution in [0.4, 0.5) is 5.69 Å². The van der Waals surface area contributed by atoms with Gasteiger partial charge in [-0.05, 0) is 32.0 Å². The van der Waals surface area contributed by atoms with Gasteiger partial charge < -0.3 is 10.1 Å². The summed E-state index contributed by atoms with van der Waals surface area (Å²) in [7, 11) is 1.63. The molecule has 0 radical (unpaired) electrons. The van der Waals surface area contributed by atoms with Crippen LogP contribution in [0.5, 0.6) is 5.75 Å². The molecule has 0 atom stereocenters. The second kappa shape index (κ2) is 4.43. The molecule has 106 valence electrons. The van der Waals surface area contributed by atoms with Gasteiger partial charge in [-0.2, -0.15) is 0 Å². The SMILES string of the molecule is COc1ccc2c(c1)SC1=C(CC(C)(C)N(N)C1=O)N2. The molecule has 0 unspecified atom stereocenters. The molecule has 2 aliphatic heterocycles. The van der Waals surface area contributed by atoms with Crippen molar-refractivity contribution in [3.05, 3.63) is 28.8 Å². The first-order valence-electron chi connectivity index (χ1n) is 6.38. The molecule has 6 heteroatoms. The summed E-state index contributed by atoms with van der Waals surface area (Å²) in [5.41, 5.74) is 1.57. The van der Waals surface area contributed by atoms with E-state index < -0.39 is 0 Å². The van der Waals surface area contributed by atoms with Crippen LogP contribution in [0, 0.1) is 0 Å². The Morgan fingerprint density at radius 1 is 1.45 bits per heavy atom. The maximum atomic E-state index is 12.4. The van der Waals surface area contributed by atoms with Crippen molar-refractivity contribution in [3.63, 3.8) is 0 Å². The van der Waals surface area contributed by atoms with Crippen molar-refractivity contribution >= 4 is 23.4 Å². The molecule has 3 rings (SSSR count). The lowest BCUT2D eigenvalue weighted by Gasteiger charge is -2.42. The Bertz CT molecular complexity index is 625. The van der Waals surface area contributed by atoms with Crippen LogP contribution in [0.25, 0.3) is 0 Å². The minimum atomic E-state index is -0.381. The monoisotopic (exact) mass is 291 g/mol. The average Bonchev–Trinajstić information content (AvgIpc) is 2.42. The number of amides is 1. The molecule has 0 aliphatic carbocycles. The lowest BCUT2D eigenvalue weighted by molar-refractivity contribution is -0.133. The van der Waals surface area contributed by atoms with Gasteiger partial charge in [0.05, 0.1) is 23.2 Å². The average molecular weight is 291 g/mol. The highest BCUT2D eigenvalue weighted by Gasteiger charge is 2.40. The van der Waals surface area contributed by atoms with Crippen LogP contribution >= 0.6 is 11.8 Å². The molecule has 0 bridgehead atoms. The van der Waals surface area contributed by atoms with Gasteiger partial charge in [-0.25, -0.2) is 5.84 Å². The Morgan fingerprint density at radius 3 is 2.90 bits per heavy atom. The summed E-state index contributed by atoms with van der Waals surface area (Å²) in [5.74, 6) is 6.56. The van der Waals surface area contributed by atoms with E-state index in [0.29, 0.717) is 11.3 Å². The lowest BCUT2D eigenvalue weighted by Crippen LogP contribution is -2.56. The molecule has 1 aromatic carbocycles. The third-order valence-corrected chi connectivity index (χ3v) is 4.82. The van der Waals surface area contributed by atoms with Gasteiger partial charge >= 0.3 is 0 Å². The molecule has 20 heavy (non-hydrogen) atoms. The van der Waals surface area contributed by atoms with Gasteiger partial charge in [0.15, 0.2) is 0 Å². The zero-order chi connectivity index (χ0) is 14.5. The Balaban J connectivity index is 2.01. The van der Waals surface area contributed by atoms with Crippen LogP contribution in [-0.2, 0) is 4.79 Å². The molecule has 2 aliphatic rings. The number of carbonyl (C=O) groups excluding carboxylic acids is 1. The van der Waals surface area contributed by atoms with Crippen LogP contribution in [0.3, 0.4) is 0 Å². The van der Waals surface area contributed by atoms with E-state index in [0.717, 1.165) is 22.0 Å². The van der Waals surface area contributed by atoms with E-state index in [4.69, 9.17) is 10.6 Å². The molecule has 1 amide bonds. The first-order chi connectivity index (χ1) is 9.42. The number of ether oxygens (including phenoxy) is 1. The number of anilines is 1. The van der Waals surface area contributed by atoms with Crippen LogP contribution in [0.1, 0.15) is 20.3 Å². The molecule has 0 fully saturated rings. The number of benzene rings is 1. The summed E-state index contributed by atoms with van der Waals surface area (Å²) < 4.78 is 5.22. The Hall–Kier alpha value is -1.66. The fourth-order valence-corrected chi connectivity index (χ4v) is 3.46. The Kier molecular flexibility index (Phi) is 2.95. The minimum absolute atomic E-state index is 0.137. The number of nitrogens with two attached hydrogens (primary N) is 1. The molecule has 0 saturated carbocycles. The van der Waals surface area contributed by atoms with Crippen molar-refractivity contribution in [2.45, 2.75) is 30.7 Å². The fraction of sp³-hybridized carbons (Fsp3) is 0.357. The predicted molar refractivity (Wildman–Crippen MR) is 79.2 cm³/mol. The summed E-state index contributed by atoms with van der Waals surface area (Å²) in [5, 5.41) is 4.68. The van der Waals surface area contributed by atoms with Crippen molar-refractivity contribution < 1.29 is 9.53 Å². The standard InChI is InChI=1S/C14H17N3O2S/c1-14(2)7-10-12(13(18)17(14)15)20-11-6-8(19-3)4-5-9(11)16-10/h4-6,16H,7,15H2,1-3H3. The first-order valence-corrected chi connectivity index (χ1v) is 7.19. The number of hydrazine groups is 1. The largest absolute Gasteiger partial charge is 0.497 e. The van der Waals surface area contributed by atoms with Crippen LogP contribution in [0.2, 0.25) is 0 Å². The van der Waals surface area contributed by atoms with Gasteiger partial charge in [0, 0.05) is 17.0 Å². The van der Waals surface area contributed by atoms with Gasteiger partial charge in [-0.15, -0.1) is 0 Å². The van der Waals surface area contributed by atoms with Gasteiger partial charge in [-0.1, -0.05) is 11.8 Å². The summed E-state index contributed by atoms with van der Waals surface area (Å²) in [6.07, 6.45) is 0.711. The smallest absolute Gasteiger partial charge is 0.276 e. The predicted octanol–water partition coefficient (Wildman–Crippen LogP) is 2.31. The van der Waals surface area contributed by atoms with Crippen molar-refractivity contribution in [2.24, 2.45) is 5.84 Å². The molecule has 3 N–H and O–H groups in total. The molecule has 1 aromatic rings. The van der Waals surface area contributed by atoms with Gasteiger partial charge in [0.2, 0.25) is 0 Å².